The van der Waals surface area contributed by atoms with Gasteiger partial charge < -0.3 is 15.2 Å². The number of fused-ring (bicyclic) bond motifs is 1. The van der Waals surface area contributed by atoms with Crippen LogP contribution in [0.2, 0.25) is 5.02 Å². The van der Waals surface area contributed by atoms with Crippen LogP contribution in [0.3, 0.4) is 0 Å². The van der Waals surface area contributed by atoms with Crippen LogP contribution in [0.4, 0.5) is 0 Å². The molecule has 0 aromatic heterocycles. The summed E-state index contributed by atoms with van der Waals surface area (Å²) in [4.78, 5) is 12.3. The van der Waals surface area contributed by atoms with Gasteiger partial charge in [0, 0.05) is 11.1 Å². The van der Waals surface area contributed by atoms with Crippen LogP contribution in [-0.4, -0.2) is 24.7 Å². The molecule has 4 nitrogen and oxygen atoms in total. The molecule has 0 aliphatic carbocycles. The van der Waals surface area contributed by atoms with Crippen molar-refractivity contribution in [2.75, 3.05) is 13.7 Å². The summed E-state index contributed by atoms with van der Waals surface area (Å²) in [6.07, 6.45) is 3.06. The number of methoxy groups -OCH3 is 1. The predicted molar refractivity (Wildman–Crippen MR) is 109 cm³/mol. The highest BCUT2D eigenvalue weighted by molar-refractivity contribution is 6.32. The molecular formula is C22H20ClNO3. The molecule has 0 aliphatic rings. The van der Waals surface area contributed by atoms with Gasteiger partial charge in [-0.05, 0) is 52.2 Å². The SMILES string of the molecule is COc1ccc2ccc(C(CO)NC(=O)/C=C/c3ccccc3Cl)cc2c1. The highest BCUT2D eigenvalue weighted by atomic mass is 35.5. The molecule has 0 aliphatic heterocycles. The molecule has 0 saturated heterocycles. The average Bonchev–Trinajstić information content (AvgIpc) is 2.70. The van der Waals surface area contributed by atoms with Crippen molar-refractivity contribution in [1.82, 2.24) is 5.32 Å². The highest BCUT2D eigenvalue weighted by Crippen LogP contribution is 2.24. The van der Waals surface area contributed by atoms with E-state index in [2.05, 4.69) is 5.32 Å². The summed E-state index contributed by atoms with van der Waals surface area (Å²) in [5, 5.41) is 15.2. The lowest BCUT2D eigenvalue weighted by Crippen LogP contribution is -2.29. The van der Waals surface area contributed by atoms with Crippen molar-refractivity contribution in [2.24, 2.45) is 0 Å². The van der Waals surface area contributed by atoms with Crippen LogP contribution >= 0.6 is 11.6 Å². The lowest BCUT2D eigenvalue weighted by Gasteiger charge is -2.16. The maximum Gasteiger partial charge on any atom is 0.244 e. The minimum Gasteiger partial charge on any atom is -0.497 e. The Kier molecular flexibility index (Phi) is 6.12. The first-order valence-corrected chi connectivity index (χ1v) is 8.90. The molecule has 3 aromatic rings. The smallest absolute Gasteiger partial charge is 0.244 e. The van der Waals surface area contributed by atoms with E-state index in [0.717, 1.165) is 27.6 Å². The number of ether oxygens (including phenoxy) is 1. The fraction of sp³-hybridized carbons (Fsp3) is 0.136. The van der Waals surface area contributed by atoms with Gasteiger partial charge in [-0.3, -0.25) is 4.79 Å². The van der Waals surface area contributed by atoms with E-state index in [1.54, 1.807) is 19.3 Å². The Morgan fingerprint density at radius 2 is 1.93 bits per heavy atom. The number of rotatable bonds is 6. The second-order valence-corrected chi connectivity index (χ2v) is 6.48. The Labute approximate surface area is 163 Å². The minimum atomic E-state index is -0.510. The Morgan fingerprint density at radius 3 is 2.67 bits per heavy atom. The number of halogens is 1. The number of hydrogen-bond acceptors (Lipinski definition) is 3. The Morgan fingerprint density at radius 1 is 1.15 bits per heavy atom. The molecule has 1 atom stereocenters. The average molecular weight is 382 g/mol. The molecule has 27 heavy (non-hydrogen) atoms. The zero-order chi connectivity index (χ0) is 19.2. The maximum absolute atomic E-state index is 12.3. The second kappa shape index (κ2) is 8.71. The number of amides is 1. The fourth-order valence-electron chi connectivity index (χ4n) is 2.82. The first kappa shape index (κ1) is 19.0. The summed E-state index contributed by atoms with van der Waals surface area (Å²) in [5.74, 6) is 0.451. The van der Waals surface area contributed by atoms with Crippen LogP contribution in [0, 0.1) is 0 Å². The molecule has 5 heteroatoms. The molecule has 0 radical (unpaired) electrons. The fourth-order valence-corrected chi connectivity index (χ4v) is 3.02. The van der Waals surface area contributed by atoms with Crippen molar-refractivity contribution in [3.05, 3.63) is 82.9 Å². The molecule has 0 fully saturated rings. The van der Waals surface area contributed by atoms with Gasteiger partial charge >= 0.3 is 0 Å². The zero-order valence-corrected chi connectivity index (χ0v) is 15.6. The second-order valence-electron chi connectivity index (χ2n) is 6.07. The summed E-state index contributed by atoms with van der Waals surface area (Å²) < 4.78 is 5.26. The number of benzene rings is 3. The standard InChI is InChI=1S/C22H20ClNO3/c1-27-19-10-8-15-6-7-17(12-18(15)13-19)21(14-25)24-22(26)11-9-16-4-2-3-5-20(16)23/h2-13,21,25H,14H2,1H3,(H,24,26)/b11-9+. The number of nitrogens with one attached hydrogen (secondary N) is 1. The third-order valence-electron chi connectivity index (χ3n) is 4.29. The van der Waals surface area contributed by atoms with Crippen LogP contribution in [-0.2, 0) is 4.79 Å². The maximum atomic E-state index is 12.3. The molecule has 1 unspecified atom stereocenters. The van der Waals surface area contributed by atoms with E-state index in [0.29, 0.717) is 5.02 Å². The number of carbonyl (C=O) groups is 1. The van der Waals surface area contributed by atoms with E-state index in [1.165, 1.54) is 6.08 Å². The zero-order valence-electron chi connectivity index (χ0n) is 14.9. The molecular weight excluding hydrogens is 362 g/mol. The third-order valence-corrected chi connectivity index (χ3v) is 4.64. The first-order valence-electron chi connectivity index (χ1n) is 8.52. The normalized spacial score (nSPS) is 12.3. The van der Waals surface area contributed by atoms with Crippen molar-refractivity contribution in [3.8, 4) is 5.75 Å². The summed E-state index contributed by atoms with van der Waals surface area (Å²) in [7, 11) is 1.62. The lowest BCUT2D eigenvalue weighted by atomic mass is 10.0. The van der Waals surface area contributed by atoms with E-state index in [4.69, 9.17) is 16.3 Å². The Hall–Kier alpha value is -2.82. The monoisotopic (exact) mass is 381 g/mol. The van der Waals surface area contributed by atoms with Crippen molar-refractivity contribution >= 4 is 34.4 Å². The van der Waals surface area contributed by atoms with Gasteiger partial charge in [0.15, 0.2) is 0 Å². The van der Waals surface area contributed by atoms with Crippen molar-refractivity contribution < 1.29 is 14.6 Å². The predicted octanol–water partition coefficient (Wildman–Crippen LogP) is 4.36. The quantitative estimate of drug-likeness (QED) is 0.623. The summed E-state index contributed by atoms with van der Waals surface area (Å²) in [5.41, 5.74) is 1.57. The van der Waals surface area contributed by atoms with Crippen LogP contribution in [0.5, 0.6) is 5.75 Å². The number of carbonyl (C=O) groups excluding carboxylic acids is 1. The Balaban J connectivity index is 1.77. The van der Waals surface area contributed by atoms with Gasteiger partial charge in [-0.15, -0.1) is 0 Å². The minimum absolute atomic E-state index is 0.207. The topological polar surface area (TPSA) is 58.6 Å². The lowest BCUT2D eigenvalue weighted by molar-refractivity contribution is -0.117. The molecule has 3 aromatic carbocycles. The van der Waals surface area contributed by atoms with Crippen molar-refractivity contribution in [2.45, 2.75) is 6.04 Å². The third kappa shape index (κ3) is 4.67. The highest BCUT2D eigenvalue weighted by Gasteiger charge is 2.13. The summed E-state index contributed by atoms with van der Waals surface area (Å²) in [6.45, 7) is -0.207. The van der Waals surface area contributed by atoms with Crippen LogP contribution in [0.1, 0.15) is 17.2 Å². The Bertz CT molecular complexity index is 984. The molecule has 0 spiro atoms. The first-order chi connectivity index (χ1) is 13.1. The van der Waals surface area contributed by atoms with Crippen LogP contribution < -0.4 is 10.1 Å². The van der Waals surface area contributed by atoms with Gasteiger partial charge in [0.05, 0.1) is 19.8 Å². The van der Waals surface area contributed by atoms with Gasteiger partial charge in [-0.25, -0.2) is 0 Å². The van der Waals surface area contributed by atoms with E-state index in [-0.39, 0.29) is 12.5 Å². The van der Waals surface area contributed by atoms with E-state index in [1.807, 2.05) is 54.6 Å². The van der Waals surface area contributed by atoms with Crippen molar-refractivity contribution in [1.29, 1.82) is 0 Å². The largest absolute Gasteiger partial charge is 0.497 e. The molecule has 2 N–H and O–H groups in total. The molecule has 3 rings (SSSR count). The van der Waals surface area contributed by atoms with Crippen LogP contribution in [0.25, 0.3) is 16.8 Å². The molecule has 0 heterocycles. The molecule has 0 bridgehead atoms. The number of aliphatic hydroxyl groups is 1. The molecule has 1 amide bonds. The van der Waals surface area contributed by atoms with Gasteiger partial charge in [-0.2, -0.15) is 0 Å². The number of aliphatic hydroxyl groups excluding tert-OH is 1. The van der Waals surface area contributed by atoms with Gasteiger partial charge in [0.2, 0.25) is 5.91 Å². The number of hydrogen-bond donors (Lipinski definition) is 2. The van der Waals surface area contributed by atoms with Gasteiger partial charge in [0.25, 0.3) is 0 Å². The summed E-state index contributed by atoms with van der Waals surface area (Å²) in [6, 6.07) is 18.3. The summed E-state index contributed by atoms with van der Waals surface area (Å²) >= 11 is 6.08. The van der Waals surface area contributed by atoms with E-state index in [9.17, 15) is 9.90 Å². The molecule has 138 valence electrons. The van der Waals surface area contributed by atoms with Crippen LogP contribution in [0.15, 0.2) is 66.7 Å². The van der Waals surface area contributed by atoms with E-state index < -0.39 is 6.04 Å². The van der Waals surface area contributed by atoms with Crippen molar-refractivity contribution in [3.63, 3.8) is 0 Å². The van der Waals surface area contributed by atoms with E-state index >= 15 is 0 Å². The van der Waals surface area contributed by atoms with Gasteiger partial charge in [0.1, 0.15) is 5.75 Å². The molecule has 0 saturated carbocycles. The van der Waals surface area contributed by atoms with Gasteiger partial charge in [-0.1, -0.05) is 48.0 Å².